The molecule has 0 spiro atoms. The van der Waals surface area contributed by atoms with Crippen molar-refractivity contribution in [2.24, 2.45) is 17.1 Å². The van der Waals surface area contributed by atoms with E-state index in [0.717, 1.165) is 17.3 Å². The van der Waals surface area contributed by atoms with E-state index < -0.39 is 0 Å². The van der Waals surface area contributed by atoms with Crippen molar-refractivity contribution in [2.75, 3.05) is 6.54 Å². The van der Waals surface area contributed by atoms with Crippen LogP contribution in [0.25, 0.3) is 0 Å². The van der Waals surface area contributed by atoms with Gasteiger partial charge < -0.3 is 11.1 Å². The number of hydrogen-bond acceptors (Lipinski definition) is 3. The summed E-state index contributed by atoms with van der Waals surface area (Å²) < 4.78 is 1.07. The van der Waals surface area contributed by atoms with E-state index in [1.165, 1.54) is 4.88 Å². The summed E-state index contributed by atoms with van der Waals surface area (Å²) in [7, 11) is 0. The zero-order valence-electron chi connectivity index (χ0n) is 12.5. The molecule has 1 amide bonds. The van der Waals surface area contributed by atoms with Gasteiger partial charge in [0.25, 0.3) is 0 Å². The van der Waals surface area contributed by atoms with Gasteiger partial charge in [-0.2, -0.15) is 0 Å². The summed E-state index contributed by atoms with van der Waals surface area (Å²) >= 11 is 5.06. The van der Waals surface area contributed by atoms with Gasteiger partial charge in [0.15, 0.2) is 0 Å². The number of halogens is 1. The Labute approximate surface area is 134 Å². The first-order chi connectivity index (χ1) is 9.32. The lowest BCUT2D eigenvalue weighted by Gasteiger charge is -2.30. The van der Waals surface area contributed by atoms with Gasteiger partial charge >= 0.3 is 0 Å². The normalized spacial score (nSPS) is 13.2. The number of rotatable bonds is 7. The highest BCUT2D eigenvalue weighted by Crippen LogP contribution is 2.32. The van der Waals surface area contributed by atoms with E-state index in [1.54, 1.807) is 11.3 Å². The Morgan fingerprint density at radius 1 is 1.45 bits per heavy atom. The molecule has 1 unspecified atom stereocenters. The summed E-state index contributed by atoms with van der Waals surface area (Å²) in [6.07, 6.45) is 2.46. The Morgan fingerprint density at radius 2 is 2.15 bits per heavy atom. The molecule has 5 heteroatoms. The van der Waals surface area contributed by atoms with Crippen molar-refractivity contribution in [3.63, 3.8) is 0 Å². The third-order valence-electron chi connectivity index (χ3n) is 3.54. The minimum atomic E-state index is 0.126. The molecular formula is C15H25BrN2OS. The summed E-state index contributed by atoms with van der Waals surface area (Å²) in [5, 5.41) is 5.01. The SMILES string of the molecule is CC(C)(C)C(CCN)CCC(=O)NCc1cc(Br)cs1. The molecule has 3 N–H and O–H groups in total. The van der Waals surface area contributed by atoms with Crippen LogP contribution in [0.15, 0.2) is 15.9 Å². The highest BCUT2D eigenvalue weighted by atomic mass is 79.9. The van der Waals surface area contributed by atoms with Crippen molar-refractivity contribution in [2.45, 2.75) is 46.6 Å². The predicted octanol–water partition coefficient (Wildman–Crippen LogP) is 3.92. The van der Waals surface area contributed by atoms with Crippen LogP contribution in [0.1, 0.15) is 44.9 Å². The molecule has 1 atom stereocenters. The molecule has 0 saturated carbocycles. The Balaban J connectivity index is 2.34. The first-order valence-corrected chi connectivity index (χ1v) is 8.70. The minimum Gasteiger partial charge on any atom is -0.351 e. The van der Waals surface area contributed by atoms with Crippen LogP contribution in [0.4, 0.5) is 0 Å². The van der Waals surface area contributed by atoms with Crippen LogP contribution < -0.4 is 11.1 Å². The van der Waals surface area contributed by atoms with Crippen molar-refractivity contribution in [1.82, 2.24) is 5.32 Å². The zero-order chi connectivity index (χ0) is 15.2. The molecule has 114 valence electrons. The van der Waals surface area contributed by atoms with Gasteiger partial charge in [-0.25, -0.2) is 0 Å². The first kappa shape index (κ1) is 17.7. The van der Waals surface area contributed by atoms with Gasteiger partial charge in [0, 0.05) is 21.2 Å². The fourth-order valence-electron chi connectivity index (χ4n) is 2.24. The summed E-state index contributed by atoms with van der Waals surface area (Å²) in [5.74, 6) is 0.620. The number of carbonyl (C=O) groups is 1. The van der Waals surface area contributed by atoms with E-state index in [0.29, 0.717) is 25.4 Å². The molecule has 1 aromatic heterocycles. The molecular weight excluding hydrogens is 336 g/mol. The molecule has 20 heavy (non-hydrogen) atoms. The topological polar surface area (TPSA) is 55.1 Å². The largest absolute Gasteiger partial charge is 0.351 e. The number of hydrogen-bond donors (Lipinski definition) is 2. The Morgan fingerprint density at radius 3 is 2.65 bits per heavy atom. The third-order valence-corrected chi connectivity index (χ3v) is 5.24. The van der Waals surface area contributed by atoms with Gasteiger partial charge in [-0.05, 0) is 52.7 Å². The zero-order valence-corrected chi connectivity index (χ0v) is 14.9. The molecule has 0 aliphatic rings. The summed E-state index contributed by atoms with van der Waals surface area (Å²) in [6.45, 7) is 7.95. The lowest BCUT2D eigenvalue weighted by molar-refractivity contribution is -0.121. The van der Waals surface area contributed by atoms with E-state index in [1.807, 2.05) is 11.4 Å². The molecule has 0 fully saturated rings. The van der Waals surface area contributed by atoms with Crippen molar-refractivity contribution in [3.05, 3.63) is 20.8 Å². The van der Waals surface area contributed by atoms with Crippen molar-refractivity contribution in [1.29, 1.82) is 0 Å². The smallest absolute Gasteiger partial charge is 0.220 e. The van der Waals surface area contributed by atoms with Crippen LogP contribution in [0, 0.1) is 11.3 Å². The fraction of sp³-hybridized carbons (Fsp3) is 0.667. The Kier molecular flexibility index (Phi) is 7.20. The fourth-order valence-corrected chi connectivity index (χ4v) is 3.63. The summed E-state index contributed by atoms with van der Waals surface area (Å²) in [4.78, 5) is 13.1. The van der Waals surface area contributed by atoms with Gasteiger partial charge in [0.05, 0.1) is 6.54 Å². The number of carbonyl (C=O) groups excluding carboxylic acids is 1. The molecule has 0 aromatic carbocycles. The minimum absolute atomic E-state index is 0.126. The van der Waals surface area contributed by atoms with Crippen molar-refractivity contribution >= 4 is 33.2 Å². The van der Waals surface area contributed by atoms with Crippen molar-refractivity contribution in [3.8, 4) is 0 Å². The van der Waals surface area contributed by atoms with Gasteiger partial charge in [0.2, 0.25) is 5.91 Å². The van der Waals surface area contributed by atoms with E-state index in [9.17, 15) is 4.79 Å². The van der Waals surface area contributed by atoms with Gasteiger partial charge in [0.1, 0.15) is 0 Å². The predicted molar refractivity (Wildman–Crippen MR) is 89.7 cm³/mol. The van der Waals surface area contributed by atoms with E-state index >= 15 is 0 Å². The van der Waals surface area contributed by atoms with Gasteiger partial charge in [-0.15, -0.1) is 11.3 Å². The first-order valence-electron chi connectivity index (χ1n) is 7.02. The quantitative estimate of drug-likeness (QED) is 0.773. The second-order valence-corrected chi connectivity index (χ2v) is 8.10. The van der Waals surface area contributed by atoms with E-state index in [4.69, 9.17) is 5.73 Å². The van der Waals surface area contributed by atoms with E-state index in [2.05, 4.69) is 42.0 Å². The van der Waals surface area contributed by atoms with Crippen LogP contribution in [0.3, 0.4) is 0 Å². The van der Waals surface area contributed by atoms with Crippen LogP contribution in [-0.2, 0) is 11.3 Å². The molecule has 1 rings (SSSR count). The van der Waals surface area contributed by atoms with Crippen LogP contribution in [-0.4, -0.2) is 12.5 Å². The standard InChI is InChI=1S/C15H25BrN2OS/c1-15(2,3)11(6-7-17)4-5-14(19)18-9-13-8-12(16)10-20-13/h8,10-11H,4-7,9,17H2,1-3H3,(H,18,19). The monoisotopic (exact) mass is 360 g/mol. The Hall–Kier alpha value is -0.390. The number of thiophene rings is 1. The average Bonchev–Trinajstić information content (AvgIpc) is 2.76. The highest BCUT2D eigenvalue weighted by molar-refractivity contribution is 9.10. The molecule has 0 radical (unpaired) electrons. The maximum Gasteiger partial charge on any atom is 0.220 e. The molecule has 0 aliphatic heterocycles. The van der Waals surface area contributed by atoms with Crippen molar-refractivity contribution < 1.29 is 4.79 Å². The van der Waals surface area contributed by atoms with E-state index in [-0.39, 0.29) is 11.3 Å². The number of nitrogens with two attached hydrogens (primary N) is 1. The second kappa shape index (κ2) is 8.15. The maximum absolute atomic E-state index is 11.9. The molecule has 0 saturated heterocycles. The molecule has 0 aliphatic carbocycles. The van der Waals surface area contributed by atoms with Crippen LogP contribution in [0.5, 0.6) is 0 Å². The van der Waals surface area contributed by atoms with Gasteiger partial charge in [-0.3, -0.25) is 4.79 Å². The van der Waals surface area contributed by atoms with Gasteiger partial charge in [-0.1, -0.05) is 20.8 Å². The lowest BCUT2D eigenvalue weighted by atomic mass is 9.76. The Bertz CT molecular complexity index is 426. The summed E-state index contributed by atoms with van der Waals surface area (Å²) in [5.41, 5.74) is 5.87. The average molecular weight is 361 g/mol. The number of amides is 1. The van der Waals surface area contributed by atoms with Crippen LogP contribution in [0.2, 0.25) is 0 Å². The second-order valence-electron chi connectivity index (χ2n) is 6.19. The lowest BCUT2D eigenvalue weighted by Crippen LogP contribution is -2.27. The number of nitrogens with one attached hydrogen (secondary N) is 1. The molecule has 1 heterocycles. The maximum atomic E-state index is 11.9. The van der Waals surface area contributed by atoms with Crippen LogP contribution >= 0.6 is 27.3 Å². The molecule has 1 aromatic rings. The highest BCUT2D eigenvalue weighted by Gasteiger charge is 2.24. The summed E-state index contributed by atoms with van der Waals surface area (Å²) in [6, 6.07) is 2.04. The molecule has 3 nitrogen and oxygen atoms in total. The third kappa shape index (κ3) is 6.37. The molecule has 0 bridgehead atoms.